The molecule has 0 saturated heterocycles. The van der Waals surface area contributed by atoms with Crippen LogP contribution in [0.5, 0.6) is 0 Å². The van der Waals surface area contributed by atoms with E-state index in [-0.39, 0.29) is 22.2 Å². The quantitative estimate of drug-likeness (QED) is 0.159. The molecule has 0 saturated carbocycles. The fraction of sp³-hybridized carbons (Fsp3) is 0.169. The molecule has 2 atom stereocenters. The summed E-state index contributed by atoms with van der Waals surface area (Å²) < 4.78 is 6.35. The molecule has 2 aliphatic carbocycles. The van der Waals surface area contributed by atoms with Crippen LogP contribution in [0, 0.1) is 5.41 Å². The maximum atomic E-state index is 6.35. The van der Waals surface area contributed by atoms with E-state index in [1.165, 1.54) is 55.3 Å². The van der Waals surface area contributed by atoms with Crippen LogP contribution in [0.3, 0.4) is 0 Å². The Morgan fingerprint density at radius 3 is 1.84 bits per heavy atom. The first-order chi connectivity index (χ1) is 32.4. The molecular formula is C65H57NO. The summed E-state index contributed by atoms with van der Waals surface area (Å²) in [4.78, 5) is 2.55. The fourth-order valence-corrected chi connectivity index (χ4v) is 10.8. The number of para-hydroxylation sites is 4. The number of anilines is 3. The molecule has 0 spiro atoms. The lowest BCUT2D eigenvalue weighted by Crippen LogP contribution is -2.32. The van der Waals surface area contributed by atoms with Gasteiger partial charge in [0, 0.05) is 33.2 Å². The standard InChI is InChI=1S/C65H57NO/c1-63(2,3)47-39-45(40-48(42-47)64(4,5)6)56-31-19-23-46-24-20-32-57(65(46,56)7)54-29-12-16-35-60(54)66(59-34-15-11-27-52(59)51-30-18-22-43-21-8-9-25-49(43)51)58-33-14-10-26-50(58)44-37-38-62-55(41-44)53-28-13-17-36-61(53)67-62/h8-42,57H,1-7H3. The number of hydrogen-bond acceptors (Lipinski definition) is 2. The Morgan fingerprint density at radius 2 is 1.07 bits per heavy atom. The van der Waals surface area contributed by atoms with Crippen LogP contribution in [0.4, 0.5) is 17.1 Å². The van der Waals surface area contributed by atoms with Gasteiger partial charge in [-0.2, -0.15) is 0 Å². The van der Waals surface area contributed by atoms with Crippen molar-refractivity contribution in [1.29, 1.82) is 0 Å². The Labute approximate surface area is 395 Å². The minimum atomic E-state index is -0.390. The van der Waals surface area contributed by atoms with E-state index >= 15 is 0 Å². The van der Waals surface area contributed by atoms with Crippen LogP contribution in [-0.4, -0.2) is 0 Å². The lowest BCUT2D eigenvalue weighted by Gasteiger charge is -2.45. The summed E-state index contributed by atoms with van der Waals surface area (Å²) in [6, 6.07) is 64.9. The Hall–Kier alpha value is -7.42. The highest BCUT2D eigenvalue weighted by molar-refractivity contribution is 6.07. The van der Waals surface area contributed by atoms with Gasteiger partial charge in [0.05, 0.1) is 17.1 Å². The molecule has 2 unspecified atom stereocenters. The zero-order valence-electron chi connectivity index (χ0n) is 39.6. The smallest absolute Gasteiger partial charge is 0.135 e. The van der Waals surface area contributed by atoms with Crippen molar-refractivity contribution in [3.63, 3.8) is 0 Å². The molecule has 8 aromatic carbocycles. The van der Waals surface area contributed by atoms with Gasteiger partial charge in [-0.1, -0.05) is 224 Å². The predicted molar refractivity (Wildman–Crippen MR) is 286 cm³/mol. The monoisotopic (exact) mass is 867 g/mol. The van der Waals surface area contributed by atoms with Crippen molar-refractivity contribution in [2.75, 3.05) is 4.90 Å². The molecule has 1 aromatic heterocycles. The largest absolute Gasteiger partial charge is 0.456 e. The highest BCUT2D eigenvalue weighted by Gasteiger charge is 2.44. The first kappa shape index (κ1) is 42.2. The predicted octanol–water partition coefficient (Wildman–Crippen LogP) is 18.4. The van der Waals surface area contributed by atoms with Crippen molar-refractivity contribution in [1.82, 2.24) is 0 Å². The maximum Gasteiger partial charge on any atom is 0.135 e. The average Bonchev–Trinajstić information content (AvgIpc) is 3.71. The van der Waals surface area contributed by atoms with Gasteiger partial charge < -0.3 is 9.32 Å². The number of hydrogen-bond donors (Lipinski definition) is 0. The first-order valence-electron chi connectivity index (χ1n) is 23.8. The molecule has 0 N–H and O–H groups in total. The number of furan rings is 1. The van der Waals surface area contributed by atoms with Gasteiger partial charge in [-0.3, -0.25) is 0 Å². The molecule has 67 heavy (non-hydrogen) atoms. The van der Waals surface area contributed by atoms with Crippen LogP contribution in [-0.2, 0) is 10.8 Å². The number of allylic oxidation sites excluding steroid dienone is 8. The van der Waals surface area contributed by atoms with Gasteiger partial charge in [0.2, 0.25) is 0 Å². The van der Waals surface area contributed by atoms with E-state index in [9.17, 15) is 0 Å². The second-order valence-corrected chi connectivity index (χ2v) is 20.7. The molecule has 328 valence electrons. The molecule has 0 amide bonds. The van der Waals surface area contributed by atoms with Gasteiger partial charge >= 0.3 is 0 Å². The zero-order valence-corrected chi connectivity index (χ0v) is 39.6. The van der Waals surface area contributed by atoms with Crippen LogP contribution in [0.2, 0.25) is 0 Å². The summed E-state index contributed by atoms with van der Waals surface area (Å²) in [5.41, 5.74) is 17.3. The molecule has 2 nitrogen and oxygen atoms in total. The molecule has 2 heteroatoms. The second kappa shape index (κ2) is 16.2. The third-order valence-corrected chi connectivity index (χ3v) is 14.4. The fourth-order valence-electron chi connectivity index (χ4n) is 10.8. The lowest BCUT2D eigenvalue weighted by molar-refractivity contribution is 0.478. The van der Waals surface area contributed by atoms with Crippen molar-refractivity contribution in [2.45, 2.75) is 65.2 Å². The van der Waals surface area contributed by atoms with Gasteiger partial charge in [-0.15, -0.1) is 0 Å². The summed E-state index contributed by atoms with van der Waals surface area (Å²) in [5, 5.41) is 4.68. The van der Waals surface area contributed by atoms with Crippen molar-refractivity contribution in [3.8, 4) is 22.3 Å². The summed E-state index contributed by atoms with van der Waals surface area (Å²) in [5.74, 6) is -0.00990. The van der Waals surface area contributed by atoms with Crippen LogP contribution < -0.4 is 4.90 Å². The third-order valence-electron chi connectivity index (χ3n) is 14.4. The van der Waals surface area contributed by atoms with Crippen molar-refractivity contribution in [3.05, 3.63) is 240 Å². The Kier molecular flexibility index (Phi) is 10.2. The number of rotatable bonds is 7. The lowest BCUT2D eigenvalue weighted by atomic mass is 9.59. The van der Waals surface area contributed by atoms with Crippen molar-refractivity contribution < 1.29 is 4.42 Å². The Bertz CT molecular complexity index is 3480. The topological polar surface area (TPSA) is 16.4 Å². The molecule has 0 radical (unpaired) electrons. The molecule has 0 aliphatic heterocycles. The Balaban J connectivity index is 1.16. The van der Waals surface area contributed by atoms with E-state index in [4.69, 9.17) is 4.42 Å². The Morgan fingerprint density at radius 1 is 0.478 bits per heavy atom. The van der Waals surface area contributed by atoms with Crippen molar-refractivity contribution in [2.24, 2.45) is 5.41 Å². The van der Waals surface area contributed by atoms with Gasteiger partial charge in [0.1, 0.15) is 11.2 Å². The average molecular weight is 868 g/mol. The van der Waals surface area contributed by atoms with Gasteiger partial charge in [-0.25, -0.2) is 0 Å². The van der Waals surface area contributed by atoms with E-state index in [0.29, 0.717) is 0 Å². The summed E-state index contributed by atoms with van der Waals surface area (Å²) >= 11 is 0. The molecule has 1 heterocycles. The van der Waals surface area contributed by atoms with E-state index < -0.39 is 0 Å². The molecule has 9 aromatic rings. The number of benzene rings is 8. The molecule has 2 aliphatic rings. The van der Waals surface area contributed by atoms with Gasteiger partial charge in [0.15, 0.2) is 0 Å². The van der Waals surface area contributed by atoms with E-state index in [0.717, 1.165) is 50.1 Å². The second-order valence-electron chi connectivity index (χ2n) is 20.7. The van der Waals surface area contributed by atoms with Gasteiger partial charge in [0.25, 0.3) is 0 Å². The van der Waals surface area contributed by atoms with E-state index in [2.05, 4.69) is 260 Å². The summed E-state index contributed by atoms with van der Waals surface area (Å²) in [6.07, 6.45) is 14.0. The highest BCUT2D eigenvalue weighted by atomic mass is 16.3. The van der Waals surface area contributed by atoms with Crippen molar-refractivity contribution >= 4 is 55.3 Å². The third kappa shape index (κ3) is 7.27. The highest BCUT2D eigenvalue weighted by Crippen LogP contribution is 2.59. The van der Waals surface area contributed by atoms with E-state index in [1.807, 2.05) is 6.07 Å². The first-order valence-corrected chi connectivity index (χ1v) is 23.8. The molecular weight excluding hydrogens is 811 g/mol. The van der Waals surface area contributed by atoms with Crippen LogP contribution in [0.25, 0.3) is 60.5 Å². The molecule has 0 fully saturated rings. The van der Waals surface area contributed by atoms with E-state index in [1.54, 1.807) is 0 Å². The van der Waals surface area contributed by atoms with Gasteiger partial charge in [-0.05, 0) is 103 Å². The van der Waals surface area contributed by atoms with Crippen LogP contribution in [0.1, 0.15) is 76.6 Å². The van der Waals surface area contributed by atoms with Crippen LogP contribution >= 0.6 is 0 Å². The minimum Gasteiger partial charge on any atom is -0.456 e. The van der Waals surface area contributed by atoms with Crippen LogP contribution in [0.15, 0.2) is 222 Å². The number of nitrogens with zero attached hydrogens (tertiary/aromatic N) is 1. The maximum absolute atomic E-state index is 6.35. The summed E-state index contributed by atoms with van der Waals surface area (Å²) in [7, 11) is 0. The normalized spacial score (nSPS) is 17.1. The zero-order chi connectivity index (χ0) is 46.1. The minimum absolute atomic E-state index is 0.00990. The molecule has 0 bridgehead atoms. The molecule has 11 rings (SSSR count). The SMILES string of the molecule is CC(C)(C)c1cc(C2=CC=CC3=CC=CC(c4ccccc4N(c4ccccc4-c4ccc5oc6ccccc6c5c4)c4ccccc4-c4cccc5ccccc45)C32C)cc(C(C)(C)C)c1. The number of fused-ring (bicyclic) bond motifs is 5. The summed E-state index contributed by atoms with van der Waals surface area (Å²) in [6.45, 7) is 16.5.